The quantitative estimate of drug-likeness (QED) is 0.394. The maximum absolute atomic E-state index is 12.4. The van der Waals surface area contributed by atoms with Crippen LogP contribution in [0.3, 0.4) is 0 Å². The van der Waals surface area contributed by atoms with Crippen molar-refractivity contribution in [3.63, 3.8) is 0 Å². The first kappa shape index (κ1) is 13.7. The summed E-state index contributed by atoms with van der Waals surface area (Å²) in [5, 5.41) is 8.36. The summed E-state index contributed by atoms with van der Waals surface area (Å²) in [5.41, 5.74) is -2.20. The van der Waals surface area contributed by atoms with E-state index in [1.54, 1.807) is 6.07 Å². The molecular formula is C8H10ClFN2O3. The number of carbonyl (C=O) groups excluding carboxylic acids is 2. The van der Waals surface area contributed by atoms with Gasteiger partial charge in [0.1, 0.15) is 6.54 Å². The predicted molar refractivity (Wildman–Crippen MR) is 49.6 cm³/mol. The topological polar surface area (TPSA) is 70.4 Å². The molecule has 0 rings (SSSR count). The molecule has 7 heteroatoms. The molecule has 1 amide bonds. The van der Waals surface area contributed by atoms with E-state index >= 15 is 0 Å². The number of ether oxygens (including phenoxy) is 1. The fourth-order valence-electron chi connectivity index (χ4n) is 0.819. The minimum atomic E-state index is -2.20. The van der Waals surface area contributed by atoms with Crippen LogP contribution in [-0.4, -0.2) is 42.6 Å². The third-order valence-corrected chi connectivity index (χ3v) is 1.76. The second-order valence-electron chi connectivity index (χ2n) is 2.54. The van der Waals surface area contributed by atoms with E-state index in [0.29, 0.717) is 0 Å². The van der Waals surface area contributed by atoms with Crippen molar-refractivity contribution < 1.29 is 18.7 Å². The molecule has 0 radical (unpaired) electrons. The number of esters is 1. The van der Waals surface area contributed by atoms with Crippen molar-refractivity contribution in [3.8, 4) is 6.07 Å². The fourth-order valence-corrected chi connectivity index (χ4v) is 0.957. The molecule has 0 fully saturated rings. The molecule has 0 N–H and O–H groups in total. The number of hydrogen-bond acceptors (Lipinski definition) is 4. The molecule has 0 aromatic rings. The first-order chi connectivity index (χ1) is 7.02. The molecule has 0 saturated heterocycles. The van der Waals surface area contributed by atoms with Gasteiger partial charge in [-0.1, -0.05) is 11.6 Å². The molecule has 84 valence electrons. The van der Waals surface area contributed by atoms with Crippen molar-refractivity contribution in [1.82, 2.24) is 4.90 Å². The maximum Gasteiger partial charge on any atom is 0.307 e. The third-order valence-electron chi connectivity index (χ3n) is 1.57. The van der Waals surface area contributed by atoms with Crippen LogP contribution in [0.2, 0.25) is 0 Å². The summed E-state index contributed by atoms with van der Waals surface area (Å²) in [7, 11) is 1.19. The molecule has 0 aliphatic carbocycles. The molecule has 0 spiro atoms. The molecule has 0 heterocycles. The van der Waals surface area contributed by atoms with Crippen LogP contribution in [0, 0.1) is 11.3 Å². The standard InChI is InChI=1S/C8H10ClFN2O3/c1-15-6(13)2-4-12(5-3-11)8(14)7(9)10/h7H,2,4-5H2,1H3. The van der Waals surface area contributed by atoms with Crippen molar-refractivity contribution in [1.29, 1.82) is 5.26 Å². The van der Waals surface area contributed by atoms with Gasteiger partial charge in [0.05, 0.1) is 19.6 Å². The van der Waals surface area contributed by atoms with Gasteiger partial charge in [-0.2, -0.15) is 5.26 Å². The van der Waals surface area contributed by atoms with Crippen LogP contribution in [0.1, 0.15) is 6.42 Å². The number of rotatable bonds is 5. The van der Waals surface area contributed by atoms with Crippen LogP contribution in [0.15, 0.2) is 0 Å². The van der Waals surface area contributed by atoms with Gasteiger partial charge in [-0.25, -0.2) is 4.39 Å². The summed E-state index contributed by atoms with van der Waals surface area (Å²) in [5.74, 6) is -1.57. The number of carbonyl (C=O) groups is 2. The molecule has 1 unspecified atom stereocenters. The smallest absolute Gasteiger partial charge is 0.307 e. The average Bonchev–Trinajstić information content (AvgIpc) is 2.22. The van der Waals surface area contributed by atoms with Crippen LogP contribution >= 0.6 is 11.6 Å². The Bertz CT molecular complexity index is 278. The number of hydrogen-bond donors (Lipinski definition) is 0. The highest BCUT2D eigenvalue weighted by Crippen LogP contribution is 2.04. The highest BCUT2D eigenvalue weighted by Gasteiger charge is 2.21. The van der Waals surface area contributed by atoms with E-state index in [0.717, 1.165) is 4.90 Å². The lowest BCUT2D eigenvalue weighted by Crippen LogP contribution is -2.37. The Morgan fingerprint density at radius 3 is 2.67 bits per heavy atom. The van der Waals surface area contributed by atoms with Gasteiger partial charge < -0.3 is 9.64 Å². The summed E-state index contributed by atoms with van der Waals surface area (Å²) >= 11 is 4.92. The Balaban J connectivity index is 4.23. The second-order valence-corrected chi connectivity index (χ2v) is 2.93. The highest BCUT2D eigenvalue weighted by molar-refractivity contribution is 6.29. The fraction of sp³-hybridized carbons (Fsp3) is 0.625. The Morgan fingerprint density at radius 2 is 2.27 bits per heavy atom. The van der Waals surface area contributed by atoms with Crippen LogP contribution in [0.25, 0.3) is 0 Å². The van der Waals surface area contributed by atoms with E-state index in [-0.39, 0.29) is 19.5 Å². The molecular weight excluding hydrogens is 227 g/mol. The zero-order valence-electron chi connectivity index (χ0n) is 8.07. The predicted octanol–water partition coefficient (Wildman–Crippen LogP) is 0.436. The largest absolute Gasteiger partial charge is 0.469 e. The molecule has 0 aliphatic heterocycles. The van der Waals surface area contributed by atoms with Crippen LogP contribution in [0.4, 0.5) is 4.39 Å². The first-order valence-electron chi connectivity index (χ1n) is 4.03. The molecule has 0 aliphatic rings. The Morgan fingerprint density at radius 1 is 1.67 bits per heavy atom. The van der Waals surface area contributed by atoms with E-state index in [1.165, 1.54) is 7.11 Å². The molecule has 0 aromatic carbocycles. The van der Waals surface area contributed by atoms with Gasteiger partial charge in [0.2, 0.25) is 0 Å². The van der Waals surface area contributed by atoms with Gasteiger partial charge >= 0.3 is 5.97 Å². The van der Waals surface area contributed by atoms with Gasteiger partial charge in [-0.3, -0.25) is 9.59 Å². The summed E-state index contributed by atoms with van der Waals surface area (Å²) in [4.78, 5) is 22.6. The zero-order valence-corrected chi connectivity index (χ0v) is 8.83. The molecule has 15 heavy (non-hydrogen) atoms. The lowest BCUT2D eigenvalue weighted by atomic mass is 10.3. The van der Waals surface area contributed by atoms with Gasteiger partial charge in [0.25, 0.3) is 11.5 Å². The zero-order chi connectivity index (χ0) is 11.8. The van der Waals surface area contributed by atoms with Gasteiger partial charge in [-0.15, -0.1) is 0 Å². The van der Waals surface area contributed by atoms with Crippen molar-refractivity contribution in [2.75, 3.05) is 20.2 Å². The number of methoxy groups -OCH3 is 1. The Hall–Kier alpha value is -1.35. The Kier molecular flexibility index (Phi) is 6.38. The average molecular weight is 237 g/mol. The van der Waals surface area contributed by atoms with E-state index < -0.39 is 17.5 Å². The van der Waals surface area contributed by atoms with Crippen molar-refractivity contribution in [3.05, 3.63) is 0 Å². The van der Waals surface area contributed by atoms with E-state index in [4.69, 9.17) is 16.9 Å². The normalized spacial score (nSPS) is 11.3. The second kappa shape index (κ2) is 7.01. The SMILES string of the molecule is COC(=O)CCN(CC#N)C(=O)C(F)Cl. The van der Waals surface area contributed by atoms with Crippen molar-refractivity contribution in [2.45, 2.75) is 12.1 Å². The summed E-state index contributed by atoms with van der Waals surface area (Å²) in [6, 6.07) is 1.67. The molecule has 0 saturated carbocycles. The molecule has 0 aromatic heterocycles. The van der Waals surface area contributed by atoms with Crippen LogP contribution in [-0.2, 0) is 14.3 Å². The summed E-state index contributed by atoms with van der Waals surface area (Å²) < 4.78 is 16.8. The van der Waals surface area contributed by atoms with E-state index in [1.807, 2.05) is 0 Å². The van der Waals surface area contributed by atoms with Gasteiger partial charge in [0.15, 0.2) is 0 Å². The summed E-state index contributed by atoms with van der Waals surface area (Å²) in [6.45, 7) is -0.408. The van der Waals surface area contributed by atoms with E-state index in [2.05, 4.69) is 4.74 Å². The number of nitrogens with zero attached hydrogens (tertiary/aromatic N) is 2. The van der Waals surface area contributed by atoms with Crippen molar-refractivity contribution >= 4 is 23.5 Å². The van der Waals surface area contributed by atoms with Crippen LogP contribution in [0.5, 0.6) is 0 Å². The van der Waals surface area contributed by atoms with Gasteiger partial charge in [-0.05, 0) is 0 Å². The minimum absolute atomic E-state index is 0.0911. The number of amides is 1. The first-order valence-corrected chi connectivity index (χ1v) is 4.47. The number of halogens is 2. The number of alkyl halides is 2. The lowest BCUT2D eigenvalue weighted by molar-refractivity contribution is -0.142. The van der Waals surface area contributed by atoms with E-state index in [9.17, 15) is 14.0 Å². The monoisotopic (exact) mass is 236 g/mol. The molecule has 1 atom stereocenters. The third kappa shape index (κ3) is 5.18. The van der Waals surface area contributed by atoms with Crippen LogP contribution < -0.4 is 0 Å². The highest BCUT2D eigenvalue weighted by atomic mass is 35.5. The summed E-state index contributed by atoms with van der Waals surface area (Å²) in [6.07, 6.45) is -0.104. The minimum Gasteiger partial charge on any atom is -0.469 e. The molecule has 5 nitrogen and oxygen atoms in total. The maximum atomic E-state index is 12.4. The van der Waals surface area contributed by atoms with Gasteiger partial charge in [0, 0.05) is 6.54 Å². The Labute approximate surface area is 91.4 Å². The molecule has 0 bridgehead atoms. The number of nitriles is 1. The lowest BCUT2D eigenvalue weighted by Gasteiger charge is -2.18. The van der Waals surface area contributed by atoms with Crippen molar-refractivity contribution in [2.24, 2.45) is 0 Å².